The molecule has 0 spiro atoms. The van der Waals surface area contributed by atoms with Crippen molar-refractivity contribution in [1.29, 1.82) is 0 Å². The van der Waals surface area contributed by atoms with Crippen molar-refractivity contribution in [3.05, 3.63) is 5.82 Å². The zero-order valence-corrected chi connectivity index (χ0v) is 10.1. The Labute approximate surface area is 100 Å². The highest BCUT2D eigenvalue weighted by Crippen LogP contribution is 2.00. The van der Waals surface area contributed by atoms with E-state index >= 15 is 0 Å². The number of aromatic nitrogens is 4. The lowest BCUT2D eigenvalue weighted by molar-refractivity contribution is -0.132. The van der Waals surface area contributed by atoms with Crippen LogP contribution in [0, 0.1) is 0 Å². The predicted molar refractivity (Wildman–Crippen MR) is 61.3 cm³/mol. The summed E-state index contributed by atoms with van der Waals surface area (Å²) in [5.41, 5.74) is 0. The lowest BCUT2D eigenvalue weighted by atomic mass is 10.3. The van der Waals surface area contributed by atoms with Gasteiger partial charge in [-0.1, -0.05) is 6.92 Å². The molecule has 1 fully saturated rings. The molecule has 0 aromatic carbocycles. The third-order valence-corrected chi connectivity index (χ3v) is 2.83. The minimum atomic E-state index is 0.0937. The number of hydrogen-bond acceptors (Lipinski definition) is 5. The Bertz CT molecular complexity index is 371. The lowest BCUT2D eigenvalue weighted by Gasteiger charge is -2.27. The molecule has 1 aliphatic rings. The summed E-state index contributed by atoms with van der Waals surface area (Å²) in [5.74, 6) is 0.882. The third kappa shape index (κ3) is 3.00. The van der Waals surface area contributed by atoms with Crippen LogP contribution in [-0.2, 0) is 17.8 Å². The summed E-state index contributed by atoms with van der Waals surface area (Å²) in [7, 11) is 0. The second-order valence-electron chi connectivity index (χ2n) is 4.13. The van der Waals surface area contributed by atoms with Gasteiger partial charge in [-0.2, -0.15) is 0 Å². The molecule has 0 bridgehead atoms. The average molecular weight is 238 g/mol. The van der Waals surface area contributed by atoms with Crippen molar-refractivity contribution in [3.8, 4) is 0 Å². The molecular weight excluding hydrogens is 220 g/mol. The van der Waals surface area contributed by atoms with Gasteiger partial charge >= 0.3 is 0 Å². The molecule has 1 N–H and O–H groups in total. The van der Waals surface area contributed by atoms with Crippen LogP contribution in [-0.4, -0.2) is 57.2 Å². The van der Waals surface area contributed by atoms with E-state index in [0.29, 0.717) is 0 Å². The zero-order chi connectivity index (χ0) is 12.1. The summed E-state index contributed by atoms with van der Waals surface area (Å²) in [4.78, 5) is 13.9. The van der Waals surface area contributed by atoms with E-state index in [1.54, 1.807) is 4.68 Å². The van der Waals surface area contributed by atoms with Crippen LogP contribution in [0.1, 0.15) is 19.2 Å². The fourth-order valence-corrected chi connectivity index (χ4v) is 1.89. The molecular formula is C10H18N6O. The first-order chi connectivity index (χ1) is 8.31. The molecule has 7 heteroatoms. The van der Waals surface area contributed by atoms with Gasteiger partial charge in [0, 0.05) is 32.6 Å². The van der Waals surface area contributed by atoms with E-state index in [4.69, 9.17) is 0 Å². The van der Waals surface area contributed by atoms with Gasteiger partial charge in [-0.15, -0.1) is 5.10 Å². The van der Waals surface area contributed by atoms with Gasteiger partial charge in [0.05, 0.1) is 0 Å². The van der Waals surface area contributed by atoms with Gasteiger partial charge in [-0.25, -0.2) is 4.68 Å². The molecule has 0 radical (unpaired) electrons. The number of nitrogens with zero attached hydrogens (tertiary/aromatic N) is 5. The maximum absolute atomic E-state index is 12.0. The molecule has 1 saturated heterocycles. The van der Waals surface area contributed by atoms with E-state index in [1.165, 1.54) is 0 Å². The van der Waals surface area contributed by atoms with Crippen LogP contribution in [0.3, 0.4) is 0 Å². The summed E-state index contributed by atoms with van der Waals surface area (Å²) >= 11 is 0. The standard InChI is InChI=1S/C10H18N6O/c1-2-3-9-12-13-14-16(9)8-10(17)15-6-4-11-5-7-15/h11H,2-8H2,1H3. The van der Waals surface area contributed by atoms with Crippen molar-refractivity contribution < 1.29 is 4.79 Å². The molecule has 0 aliphatic carbocycles. The molecule has 0 atom stereocenters. The Morgan fingerprint density at radius 3 is 2.88 bits per heavy atom. The second-order valence-corrected chi connectivity index (χ2v) is 4.13. The molecule has 1 amide bonds. The van der Waals surface area contributed by atoms with Gasteiger partial charge in [0.2, 0.25) is 5.91 Å². The van der Waals surface area contributed by atoms with Crippen molar-refractivity contribution in [2.45, 2.75) is 26.3 Å². The molecule has 0 saturated carbocycles. The normalized spacial score (nSPS) is 16.2. The first-order valence-corrected chi connectivity index (χ1v) is 6.04. The first-order valence-electron chi connectivity index (χ1n) is 6.04. The average Bonchev–Trinajstić information content (AvgIpc) is 2.78. The van der Waals surface area contributed by atoms with Crippen LogP contribution in [0.5, 0.6) is 0 Å². The fraction of sp³-hybridized carbons (Fsp3) is 0.800. The number of amides is 1. The van der Waals surface area contributed by atoms with Crippen LogP contribution in [0.15, 0.2) is 0 Å². The minimum absolute atomic E-state index is 0.0937. The van der Waals surface area contributed by atoms with Crippen molar-refractivity contribution in [3.63, 3.8) is 0 Å². The molecule has 1 aromatic rings. The van der Waals surface area contributed by atoms with E-state index < -0.39 is 0 Å². The van der Waals surface area contributed by atoms with E-state index in [0.717, 1.165) is 44.8 Å². The molecule has 94 valence electrons. The Morgan fingerprint density at radius 1 is 1.41 bits per heavy atom. The van der Waals surface area contributed by atoms with Gasteiger partial charge in [0.25, 0.3) is 0 Å². The molecule has 2 heterocycles. The number of hydrogen-bond donors (Lipinski definition) is 1. The minimum Gasteiger partial charge on any atom is -0.339 e. The topological polar surface area (TPSA) is 75.9 Å². The Morgan fingerprint density at radius 2 is 2.18 bits per heavy atom. The monoisotopic (exact) mass is 238 g/mol. The maximum Gasteiger partial charge on any atom is 0.244 e. The smallest absolute Gasteiger partial charge is 0.244 e. The van der Waals surface area contributed by atoms with Gasteiger partial charge in [0.15, 0.2) is 5.82 Å². The highest BCUT2D eigenvalue weighted by Gasteiger charge is 2.18. The number of piperazine rings is 1. The fourth-order valence-electron chi connectivity index (χ4n) is 1.89. The SMILES string of the molecule is CCCc1nnnn1CC(=O)N1CCNCC1. The Kier molecular flexibility index (Phi) is 4.03. The zero-order valence-electron chi connectivity index (χ0n) is 10.1. The molecule has 7 nitrogen and oxygen atoms in total. The molecule has 1 aliphatic heterocycles. The summed E-state index contributed by atoms with van der Waals surface area (Å²) in [6.07, 6.45) is 1.78. The van der Waals surface area contributed by atoms with Gasteiger partial charge in [-0.05, 0) is 16.8 Å². The van der Waals surface area contributed by atoms with Gasteiger partial charge in [-0.3, -0.25) is 4.79 Å². The molecule has 2 rings (SSSR count). The predicted octanol–water partition coefficient (Wildman–Crippen LogP) is -0.943. The van der Waals surface area contributed by atoms with E-state index in [-0.39, 0.29) is 12.5 Å². The van der Waals surface area contributed by atoms with Crippen LogP contribution in [0.25, 0.3) is 0 Å². The van der Waals surface area contributed by atoms with E-state index in [9.17, 15) is 4.79 Å². The second kappa shape index (κ2) is 5.72. The number of nitrogens with one attached hydrogen (secondary N) is 1. The summed E-state index contributed by atoms with van der Waals surface area (Å²) in [6, 6.07) is 0. The summed E-state index contributed by atoms with van der Waals surface area (Å²) < 4.78 is 1.61. The van der Waals surface area contributed by atoms with E-state index in [1.807, 2.05) is 4.90 Å². The number of tetrazole rings is 1. The largest absolute Gasteiger partial charge is 0.339 e. The van der Waals surface area contributed by atoms with Crippen molar-refractivity contribution in [2.75, 3.05) is 26.2 Å². The molecule has 1 aromatic heterocycles. The Hall–Kier alpha value is -1.50. The number of rotatable bonds is 4. The van der Waals surface area contributed by atoms with E-state index in [2.05, 4.69) is 27.8 Å². The van der Waals surface area contributed by atoms with Crippen LogP contribution in [0.2, 0.25) is 0 Å². The number of carbonyl (C=O) groups is 1. The lowest BCUT2D eigenvalue weighted by Crippen LogP contribution is -2.47. The number of carbonyl (C=O) groups excluding carboxylic acids is 1. The molecule has 0 unspecified atom stereocenters. The third-order valence-electron chi connectivity index (χ3n) is 2.83. The van der Waals surface area contributed by atoms with Crippen molar-refractivity contribution >= 4 is 5.91 Å². The van der Waals surface area contributed by atoms with Gasteiger partial charge < -0.3 is 10.2 Å². The quantitative estimate of drug-likeness (QED) is 0.732. The van der Waals surface area contributed by atoms with Crippen LogP contribution < -0.4 is 5.32 Å². The first kappa shape index (κ1) is 12.0. The highest BCUT2D eigenvalue weighted by molar-refractivity contribution is 5.76. The Balaban J connectivity index is 1.94. The summed E-state index contributed by atoms with van der Waals surface area (Å²) in [6.45, 7) is 5.58. The summed E-state index contributed by atoms with van der Waals surface area (Å²) in [5, 5.41) is 14.6. The van der Waals surface area contributed by atoms with Gasteiger partial charge in [0.1, 0.15) is 6.54 Å². The van der Waals surface area contributed by atoms with Crippen LogP contribution in [0.4, 0.5) is 0 Å². The van der Waals surface area contributed by atoms with Crippen molar-refractivity contribution in [2.24, 2.45) is 0 Å². The highest BCUT2D eigenvalue weighted by atomic mass is 16.2. The number of aryl methyl sites for hydroxylation is 1. The molecule has 17 heavy (non-hydrogen) atoms. The maximum atomic E-state index is 12.0. The van der Waals surface area contributed by atoms with Crippen LogP contribution >= 0.6 is 0 Å². The van der Waals surface area contributed by atoms with Crippen molar-refractivity contribution in [1.82, 2.24) is 30.4 Å².